The lowest BCUT2D eigenvalue weighted by Crippen LogP contribution is -2.69. The van der Waals surface area contributed by atoms with Gasteiger partial charge in [-0.25, -0.2) is 4.79 Å². The van der Waals surface area contributed by atoms with E-state index in [-0.39, 0.29) is 10.7 Å². The molecule has 13 heteroatoms. The highest BCUT2D eigenvalue weighted by Crippen LogP contribution is 2.44. The largest absolute Gasteiger partial charge is 0.461 e. The summed E-state index contributed by atoms with van der Waals surface area (Å²) in [7, 11) is 0. The Hall–Kier alpha value is -1.88. The molecule has 0 spiro atoms. The highest BCUT2D eigenvalue weighted by Gasteiger charge is 2.76. The molecule has 0 fully saturated rings. The highest BCUT2D eigenvalue weighted by molar-refractivity contribution is 6.65. The van der Waals surface area contributed by atoms with Gasteiger partial charge < -0.3 is 10.2 Å². The summed E-state index contributed by atoms with van der Waals surface area (Å²) < 4.78 is 79.5. The molecule has 0 saturated carbocycles. The third-order valence-corrected chi connectivity index (χ3v) is 3.69. The first kappa shape index (κ1) is 23.2. The van der Waals surface area contributed by atoms with E-state index in [0.29, 0.717) is 0 Å². The second-order valence-electron chi connectivity index (χ2n) is 5.42. The Balaban J connectivity index is 3.21. The highest BCUT2D eigenvalue weighted by atomic mass is 35.5. The van der Waals surface area contributed by atoms with Crippen molar-refractivity contribution < 1.29 is 36.0 Å². The number of halogens is 8. The number of urea groups is 1. The van der Waals surface area contributed by atoms with Gasteiger partial charge in [-0.2, -0.15) is 26.3 Å². The van der Waals surface area contributed by atoms with Crippen molar-refractivity contribution in [3.8, 4) is 0 Å². The fraction of sp³-hybridized carbons (Fsp3) is 0.429. The quantitative estimate of drug-likeness (QED) is 0.275. The third kappa shape index (κ3) is 5.80. The van der Waals surface area contributed by atoms with Crippen molar-refractivity contribution in [1.82, 2.24) is 5.32 Å². The lowest BCUT2D eigenvalue weighted by Gasteiger charge is -2.34. The van der Waals surface area contributed by atoms with Crippen LogP contribution in [-0.4, -0.2) is 29.3 Å². The smallest absolute Gasteiger partial charge is 0.346 e. The van der Waals surface area contributed by atoms with Gasteiger partial charge in [0.2, 0.25) is 0 Å². The molecule has 0 atom stereocenters. The van der Waals surface area contributed by atoms with Crippen LogP contribution in [-0.2, 0) is 4.84 Å². The van der Waals surface area contributed by atoms with Crippen LogP contribution in [0.3, 0.4) is 0 Å². The first-order valence-corrected chi connectivity index (χ1v) is 7.85. The summed E-state index contributed by atoms with van der Waals surface area (Å²) in [6.07, 6.45) is -12.2. The van der Waals surface area contributed by atoms with Crippen LogP contribution in [0.15, 0.2) is 29.4 Å². The Labute approximate surface area is 159 Å². The average molecular weight is 440 g/mol. The van der Waals surface area contributed by atoms with Crippen molar-refractivity contribution in [1.29, 1.82) is 0 Å². The van der Waals surface area contributed by atoms with Gasteiger partial charge in [-0.05, 0) is 24.3 Å². The molecule has 5 nitrogen and oxygen atoms in total. The van der Waals surface area contributed by atoms with Crippen molar-refractivity contribution in [3.05, 3.63) is 29.3 Å². The first-order chi connectivity index (χ1) is 12.2. The van der Waals surface area contributed by atoms with E-state index in [1.807, 2.05) is 5.32 Å². The molecule has 0 heterocycles. The summed E-state index contributed by atoms with van der Waals surface area (Å²) in [5, 5.41) is 4.82. The Morgan fingerprint density at radius 3 is 1.96 bits per heavy atom. The number of oxime groups is 1. The zero-order valence-corrected chi connectivity index (χ0v) is 15.2. The van der Waals surface area contributed by atoms with E-state index in [1.165, 1.54) is 38.1 Å². The zero-order chi connectivity index (χ0) is 21.0. The van der Waals surface area contributed by atoms with Crippen LogP contribution in [0, 0.1) is 5.92 Å². The molecule has 0 radical (unpaired) electrons. The molecule has 1 aromatic carbocycles. The van der Waals surface area contributed by atoms with Crippen LogP contribution in [0.2, 0.25) is 5.02 Å². The maximum absolute atomic E-state index is 13.3. The van der Waals surface area contributed by atoms with Gasteiger partial charge in [0.25, 0.3) is 0 Å². The lowest BCUT2D eigenvalue weighted by molar-refractivity contribution is -0.388. The van der Waals surface area contributed by atoms with Crippen LogP contribution in [0.5, 0.6) is 0 Å². The molecule has 0 aliphatic carbocycles. The maximum Gasteiger partial charge on any atom is 0.461 e. The molecule has 1 rings (SSSR count). The predicted octanol–water partition coefficient (Wildman–Crippen LogP) is 5.51. The first-order valence-electron chi connectivity index (χ1n) is 7.09. The van der Waals surface area contributed by atoms with Crippen molar-refractivity contribution in [3.63, 3.8) is 0 Å². The Morgan fingerprint density at radius 1 is 1.07 bits per heavy atom. The van der Waals surface area contributed by atoms with Crippen molar-refractivity contribution in [2.75, 3.05) is 5.32 Å². The molecule has 0 aliphatic rings. The number of amides is 2. The van der Waals surface area contributed by atoms with Gasteiger partial charge in [-0.3, -0.25) is 5.32 Å². The monoisotopic (exact) mass is 439 g/mol. The maximum atomic E-state index is 13.3. The number of carbonyl (C=O) groups excluding carboxylic acids is 1. The number of rotatable bonds is 5. The molecular formula is C14H13Cl2F6N3O2. The van der Waals surface area contributed by atoms with Crippen LogP contribution in [0.25, 0.3) is 0 Å². The Kier molecular flexibility index (Phi) is 7.23. The van der Waals surface area contributed by atoms with E-state index in [0.717, 1.165) is 5.32 Å². The second-order valence-corrected chi connectivity index (χ2v) is 6.25. The van der Waals surface area contributed by atoms with Gasteiger partial charge in [0, 0.05) is 16.6 Å². The summed E-state index contributed by atoms with van der Waals surface area (Å²) in [6.45, 7) is 2.72. The molecule has 2 amide bonds. The third-order valence-electron chi connectivity index (χ3n) is 2.94. The van der Waals surface area contributed by atoms with Crippen molar-refractivity contribution in [2.24, 2.45) is 11.1 Å². The Morgan fingerprint density at radius 2 is 1.56 bits per heavy atom. The molecule has 152 valence electrons. The summed E-state index contributed by atoms with van der Waals surface area (Å²) in [5.41, 5.74) is -5.23. The number of nitrogens with zero attached hydrogens (tertiary/aromatic N) is 1. The van der Waals surface area contributed by atoms with Gasteiger partial charge in [0.05, 0.1) is 0 Å². The number of anilines is 1. The summed E-state index contributed by atoms with van der Waals surface area (Å²) in [4.78, 5) is 15.5. The Bertz CT molecular complexity index is 676. The molecule has 27 heavy (non-hydrogen) atoms. The van der Waals surface area contributed by atoms with E-state index in [4.69, 9.17) is 23.2 Å². The van der Waals surface area contributed by atoms with Crippen LogP contribution >= 0.6 is 23.2 Å². The van der Waals surface area contributed by atoms with Gasteiger partial charge in [-0.1, -0.05) is 42.2 Å². The van der Waals surface area contributed by atoms with E-state index in [1.54, 1.807) is 0 Å². The van der Waals surface area contributed by atoms with Crippen molar-refractivity contribution in [2.45, 2.75) is 31.9 Å². The summed E-state index contributed by atoms with van der Waals surface area (Å²) in [5.74, 6) is -0.714. The van der Waals surface area contributed by atoms with E-state index in [9.17, 15) is 31.1 Å². The zero-order valence-electron chi connectivity index (χ0n) is 13.7. The van der Waals surface area contributed by atoms with Gasteiger partial charge in [0.1, 0.15) is 5.17 Å². The van der Waals surface area contributed by atoms with Gasteiger partial charge in [0.15, 0.2) is 0 Å². The van der Waals surface area contributed by atoms with Gasteiger partial charge in [-0.15, -0.1) is 0 Å². The molecule has 0 unspecified atom stereocenters. The number of carbonyl (C=O) groups is 1. The summed E-state index contributed by atoms with van der Waals surface area (Å²) in [6, 6.07) is 3.02. The molecular weight excluding hydrogens is 427 g/mol. The molecule has 0 aromatic heterocycles. The van der Waals surface area contributed by atoms with E-state index >= 15 is 0 Å². The normalized spacial score (nSPS) is 13.5. The number of hydrogen-bond acceptors (Lipinski definition) is 3. The van der Waals surface area contributed by atoms with Crippen LogP contribution in [0.1, 0.15) is 13.8 Å². The molecule has 0 saturated heterocycles. The van der Waals surface area contributed by atoms with E-state index in [2.05, 4.69) is 9.99 Å². The second kappa shape index (κ2) is 8.42. The summed E-state index contributed by atoms with van der Waals surface area (Å²) >= 11 is 11.1. The van der Waals surface area contributed by atoms with Gasteiger partial charge >= 0.3 is 24.1 Å². The number of benzene rings is 1. The van der Waals surface area contributed by atoms with Crippen molar-refractivity contribution >= 4 is 40.1 Å². The van der Waals surface area contributed by atoms with E-state index < -0.39 is 35.2 Å². The molecule has 0 aliphatic heterocycles. The fourth-order valence-corrected chi connectivity index (χ4v) is 1.66. The molecule has 1 aromatic rings. The fourth-order valence-electron chi connectivity index (χ4n) is 1.50. The molecule has 2 N–H and O–H groups in total. The lowest BCUT2D eigenvalue weighted by atomic mass is 10.2. The topological polar surface area (TPSA) is 62.7 Å². The number of hydrogen-bond donors (Lipinski definition) is 2. The van der Waals surface area contributed by atoms with Crippen LogP contribution < -0.4 is 10.6 Å². The number of nitrogens with one attached hydrogen (secondary N) is 2. The SMILES string of the molecule is CC(C)/C(Cl)=N\OC(NC(=O)Nc1ccc(Cl)cc1)(C(F)(F)F)C(F)(F)F. The minimum absolute atomic E-state index is 0.112. The standard InChI is InChI=1S/C14H13Cl2F6N3O2/c1-7(2)10(16)25-27-12(13(17,18)19,14(20,21)22)24-11(26)23-9-5-3-8(15)4-6-9/h3-7H,1-2H3,(H2,23,24,26)/b25-10+. The molecule has 0 bridgehead atoms. The number of alkyl halides is 6. The predicted molar refractivity (Wildman–Crippen MR) is 87.7 cm³/mol. The van der Waals surface area contributed by atoms with Crippen LogP contribution in [0.4, 0.5) is 36.8 Å². The minimum atomic E-state index is -6.11. The minimum Gasteiger partial charge on any atom is -0.346 e. The average Bonchev–Trinajstić information content (AvgIpc) is 2.50.